The Balaban J connectivity index is 1.53. The van der Waals surface area contributed by atoms with Crippen LogP contribution in [0.5, 0.6) is 11.5 Å². The quantitative estimate of drug-likeness (QED) is 0.155. The van der Waals surface area contributed by atoms with Crippen molar-refractivity contribution in [3.05, 3.63) is 107 Å². The molecule has 1 N–H and O–H groups in total. The zero-order chi connectivity index (χ0) is 30.0. The maximum absolute atomic E-state index is 13.7. The molecule has 222 valence electrons. The number of nitrogens with one attached hydrogen (secondary N) is 1. The number of carbonyl (C=O) groups is 1. The summed E-state index contributed by atoms with van der Waals surface area (Å²) in [6.07, 6.45) is 8.31. The predicted octanol–water partition coefficient (Wildman–Crippen LogP) is 8.51. The number of anilines is 1. The van der Waals surface area contributed by atoms with E-state index in [1.807, 2.05) is 59.4 Å². The Hall–Kier alpha value is -4.06. The first-order valence-corrected chi connectivity index (χ1v) is 15.0. The molecule has 0 aliphatic heterocycles. The van der Waals surface area contributed by atoms with Gasteiger partial charge in [-0.05, 0) is 58.2 Å². The maximum Gasteiger partial charge on any atom is 0.224 e. The Morgan fingerprint density at radius 1 is 0.976 bits per heavy atom. The van der Waals surface area contributed by atoms with Crippen molar-refractivity contribution in [2.45, 2.75) is 84.3 Å². The van der Waals surface area contributed by atoms with Gasteiger partial charge < -0.3 is 14.8 Å². The molecule has 0 spiro atoms. The van der Waals surface area contributed by atoms with E-state index in [0.29, 0.717) is 19.6 Å². The van der Waals surface area contributed by atoms with Gasteiger partial charge in [-0.1, -0.05) is 95.5 Å². The summed E-state index contributed by atoms with van der Waals surface area (Å²) in [6.45, 7) is 9.85. The summed E-state index contributed by atoms with van der Waals surface area (Å²) in [7, 11) is 1.68. The minimum Gasteiger partial charge on any atom is -0.496 e. The Morgan fingerprint density at radius 3 is 2.48 bits per heavy atom. The molecule has 0 aliphatic rings. The topological polar surface area (TPSA) is 65.4 Å². The summed E-state index contributed by atoms with van der Waals surface area (Å²) in [5.41, 5.74) is 5.10. The summed E-state index contributed by atoms with van der Waals surface area (Å²) >= 11 is 0. The van der Waals surface area contributed by atoms with Gasteiger partial charge in [0.15, 0.2) is 0 Å². The Kier molecular flexibility index (Phi) is 10.8. The number of unbranched alkanes of at least 4 members (excludes halogenated alkanes) is 2. The van der Waals surface area contributed by atoms with Gasteiger partial charge in [-0.15, -0.1) is 0 Å². The third-order valence-corrected chi connectivity index (χ3v) is 7.55. The summed E-state index contributed by atoms with van der Waals surface area (Å²) in [4.78, 5) is 13.7. The van der Waals surface area contributed by atoms with E-state index in [2.05, 4.69) is 62.4 Å². The van der Waals surface area contributed by atoms with Gasteiger partial charge in [-0.25, -0.2) is 0 Å². The number of aromatic nitrogens is 2. The largest absolute Gasteiger partial charge is 0.496 e. The molecule has 0 saturated heterocycles. The summed E-state index contributed by atoms with van der Waals surface area (Å²) in [5.74, 6) is 1.54. The second kappa shape index (κ2) is 14.7. The van der Waals surface area contributed by atoms with Gasteiger partial charge in [0.2, 0.25) is 5.91 Å². The molecular weight excluding hydrogens is 522 g/mol. The van der Waals surface area contributed by atoms with Crippen LogP contribution in [-0.4, -0.2) is 22.8 Å². The van der Waals surface area contributed by atoms with Crippen molar-refractivity contribution >= 4 is 11.6 Å². The van der Waals surface area contributed by atoms with E-state index < -0.39 is 0 Å². The summed E-state index contributed by atoms with van der Waals surface area (Å²) in [5, 5.41) is 7.62. The van der Waals surface area contributed by atoms with E-state index in [0.717, 1.165) is 65.1 Å². The van der Waals surface area contributed by atoms with Crippen molar-refractivity contribution in [2.75, 3.05) is 12.4 Å². The number of carbonyl (C=O) groups excluding carboxylic acids is 1. The lowest BCUT2D eigenvalue weighted by atomic mass is 9.85. The molecular formula is C36H45N3O3. The smallest absolute Gasteiger partial charge is 0.224 e. The molecule has 1 atom stereocenters. The third-order valence-electron chi connectivity index (χ3n) is 7.55. The molecule has 1 heterocycles. The van der Waals surface area contributed by atoms with Gasteiger partial charge in [0.05, 0.1) is 13.7 Å². The Labute approximate surface area is 251 Å². The van der Waals surface area contributed by atoms with E-state index in [1.54, 1.807) is 13.3 Å². The molecule has 1 unspecified atom stereocenters. The normalized spacial score (nSPS) is 12.1. The zero-order valence-electron chi connectivity index (χ0n) is 25.7. The molecule has 1 amide bonds. The SMILES string of the molecule is CCCCCC(CC(=O)Nc1cc(Cn2cccn2)ccc1C(C)(C)C)c1ccc(OCc2ccccc2)cc1OC. The minimum atomic E-state index is -0.119. The molecule has 6 nitrogen and oxygen atoms in total. The van der Waals surface area contributed by atoms with Crippen LogP contribution in [0.2, 0.25) is 0 Å². The third kappa shape index (κ3) is 8.72. The second-order valence-electron chi connectivity index (χ2n) is 12.0. The second-order valence-corrected chi connectivity index (χ2v) is 12.0. The number of hydrogen-bond acceptors (Lipinski definition) is 4. The fraction of sp³-hybridized carbons (Fsp3) is 0.389. The van der Waals surface area contributed by atoms with Crippen LogP contribution < -0.4 is 14.8 Å². The van der Waals surface area contributed by atoms with Crippen LogP contribution in [0.1, 0.15) is 88.0 Å². The van der Waals surface area contributed by atoms with Gasteiger partial charge in [0, 0.05) is 30.6 Å². The number of amides is 1. The Morgan fingerprint density at radius 2 is 1.79 bits per heavy atom. The van der Waals surface area contributed by atoms with Crippen LogP contribution in [0.15, 0.2) is 85.2 Å². The lowest BCUT2D eigenvalue weighted by Crippen LogP contribution is -2.21. The van der Waals surface area contributed by atoms with Crippen LogP contribution in [-0.2, 0) is 23.4 Å². The first kappa shape index (κ1) is 30.9. The number of methoxy groups -OCH3 is 1. The number of benzene rings is 3. The molecule has 3 aromatic carbocycles. The standard InChI is InChI=1S/C36H45N3O3/c1-6-7-9-15-29(31-18-17-30(24-34(31)41-5)42-26-27-13-10-8-11-14-27)23-35(40)38-33-22-28(25-39-21-12-20-37-39)16-19-32(33)36(2,3)4/h8,10-14,16-22,24,29H,6-7,9,15,23,25-26H2,1-5H3,(H,38,40). The van der Waals surface area contributed by atoms with Crippen molar-refractivity contribution in [3.63, 3.8) is 0 Å². The highest BCUT2D eigenvalue weighted by molar-refractivity contribution is 5.92. The van der Waals surface area contributed by atoms with E-state index in [9.17, 15) is 4.79 Å². The molecule has 0 aliphatic carbocycles. The highest BCUT2D eigenvalue weighted by Gasteiger charge is 2.23. The van der Waals surface area contributed by atoms with Gasteiger partial charge in [-0.2, -0.15) is 5.10 Å². The highest BCUT2D eigenvalue weighted by Crippen LogP contribution is 2.37. The van der Waals surface area contributed by atoms with Crippen molar-refractivity contribution in [2.24, 2.45) is 0 Å². The van der Waals surface area contributed by atoms with E-state index in [1.165, 1.54) is 0 Å². The van der Waals surface area contributed by atoms with Crippen LogP contribution in [0.4, 0.5) is 5.69 Å². The van der Waals surface area contributed by atoms with E-state index in [4.69, 9.17) is 9.47 Å². The molecule has 0 radical (unpaired) electrons. The highest BCUT2D eigenvalue weighted by atomic mass is 16.5. The molecule has 1 aromatic heterocycles. The average molecular weight is 568 g/mol. The number of nitrogens with zero attached hydrogens (tertiary/aromatic N) is 2. The van der Waals surface area contributed by atoms with Crippen molar-refractivity contribution in [1.82, 2.24) is 9.78 Å². The predicted molar refractivity (Wildman–Crippen MR) is 170 cm³/mol. The fourth-order valence-corrected chi connectivity index (χ4v) is 5.32. The number of hydrogen-bond donors (Lipinski definition) is 1. The summed E-state index contributed by atoms with van der Waals surface area (Å²) in [6, 6.07) is 24.4. The van der Waals surface area contributed by atoms with Gasteiger partial charge in [0.1, 0.15) is 18.1 Å². The number of ether oxygens (including phenoxy) is 2. The summed E-state index contributed by atoms with van der Waals surface area (Å²) < 4.78 is 13.8. The first-order chi connectivity index (χ1) is 20.3. The Bertz CT molecular complexity index is 1410. The molecule has 4 rings (SSSR count). The molecule has 4 aromatic rings. The zero-order valence-corrected chi connectivity index (χ0v) is 25.7. The van der Waals surface area contributed by atoms with Crippen molar-refractivity contribution < 1.29 is 14.3 Å². The van der Waals surface area contributed by atoms with Gasteiger partial charge in [-0.3, -0.25) is 9.48 Å². The average Bonchev–Trinajstić information content (AvgIpc) is 3.48. The first-order valence-electron chi connectivity index (χ1n) is 15.0. The van der Waals surface area contributed by atoms with Gasteiger partial charge in [0.25, 0.3) is 0 Å². The van der Waals surface area contributed by atoms with E-state index >= 15 is 0 Å². The molecule has 0 bridgehead atoms. The lowest BCUT2D eigenvalue weighted by molar-refractivity contribution is -0.116. The van der Waals surface area contributed by atoms with Crippen molar-refractivity contribution in [1.29, 1.82) is 0 Å². The minimum absolute atomic E-state index is 0.00435. The van der Waals surface area contributed by atoms with E-state index in [-0.39, 0.29) is 17.2 Å². The molecule has 0 saturated carbocycles. The lowest BCUT2D eigenvalue weighted by Gasteiger charge is -2.25. The molecule has 42 heavy (non-hydrogen) atoms. The van der Waals surface area contributed by atoms with Gasteiger partial charge >= 0.3 is 0 Å². The number of rotatable bonds is 14. The van der Waals surface area contributed by atoms with Crippen LogP contribution in [0, 0.1) is 0 Å². The fourth-order valence-electron chi connectivity index (χ4n) is 5.32. The monoisotopic (exact) mass is 567 g/mol. The molecule has 0 fully saturated rings. The van der Waals surface area contributed by atoms with Crippen LogP contribution >= 0.6 is 0 Å². The van der Waals surface area contributed by atoms with Crippen molar-refractivity contribution in [3.8, 4) is 11.5 Å². The maximum atomic E-state index is 13.7. The van der Waals surface area contributed by atoms with Crippen LogP contribution in [0.3, 0.4) is 0 Å². The molecule has 6 heteroatoms. The van der Waals surface area contributed by atoms with Crippen LogP contribution in [0.25, 0.3) is 0 Å².